The van der Waals surface area contributed by atoms with E-state index >= 15 is 0 Å². The van der Waals surface area contributed by atoms with Crippen molar-refractivity contribution in [2.75, 3.05) is 19.7 Å². The normalized spacial score (nSPS) is 12.0. The Kier molecular flexibility index (Phi) is 12.3. The Morgan fingerprint density at radius 1 is 1.29 bits per heavy atom. The fourth-order valence-electron chi connectivity index (χ4n) is 2.83. The minimum absolute atomic E-state index is 0.335. The van der Waals surface area contributed by atoms with Crippen LogP contribution in [0.2, 0.25) is 0 Å². The highest BCUT2D eigenvalue weighted by Gasteiger charge is 2.09. The summed E-state index contributed by atoms with van der Waals surface area (Å²) in [7, 11) is 0. The number of hydrogen-bond acceptors (Lipinski definition) is 5. The molecule has 6 nitrogen and oxygen atoms in total. The van der Waals surface area contributed by atoms with Gasteiger partial charge in [-0.05, 0) is 69.5 Å². The summed E-state index contributed by atoms with van der Waals surface area (Å²) in [6, 6.07) is 8.05. The number of hydrogen-bond donors (Lipinski definition) is 2. The van der Waals surface area contributed by atoms with Gasteiger partial charge < -0.3 is 20.7 Å². The molecule has 0 atom stereocenters. The van der Waals surface area contributed by atoms with E-state index in [-0.39, 0.29) is 0 Å². The summed E-state index contributed by atoms with van der Waals surface area (Å²) < 4.78 is 5.28. The van der Waals surface area contributed by atoms with Crippen molar-refractivity contribution < 1.29 is 9.53 Å². The second kappa shape index (κ2) is 14.4. The van der Waals surface area contributed by atoms with Crippen molar-refractivity contribution in [3.8, 4) is 0 Å². The molecule has 170 valence electrons. The summed E-state index contributed by atoms with van der Waals surface area (Å²) in [4.78, 5) is 18.2. The summed E-state index contributed by atoms with van der Waals surface area (Å²) in [6.45, 7) is 13.4. The average Bonchev–Trinajstić information content (AvgIpc) is 2.72. The third-order valence-corrected chi connectivity index (χ3v) is 4.39. The fraction of sp³-hybridized carbons (Fsp3) is 0.417. The fourth-order valence-corrected chi connectivity index (χ4v) is 2.91. The standard InChI is InChI=1S/C24H35ClN4O2/c1-6-29(23(19(4)16-26)28-20(5)25)12-7-8-13-31-24(30)27-17-22-11-9-10-21(15-22)14-18(2)3/h6,9-11,14-15H,1,7-8,12-13,16-17,26H2,2-5H3,(H,27,30)/b23-19+,28-20+. The molecule has 1 amide bonds. The molecule has 0 spiro atoms. The summed E-state index contributed by atoms with van der Waals surface area (Å²) in [5.74, 6) is 0.707. The number of carbonyl (C=O) groups is 1. The maximum Gasteiger partial charge on any atom is 0.407 e. The van der Waals surface area contributed by atoms with Crippen LogP contribution in [0.5, 0.6) is 0 Å². The molecular weight excluding hydrogens is 412 g/mol. The Balaban J connectivity index is 2.42. The molecule has 0 unspecified atom stereocenters. The average molecular weight is 447 g/mol. The maximum absolute atomic E-state index is 12.0. The monoisotopic (exact) mass is 446 g/mol. The molecule has 0 fully saturated rings. The zero-order valence-electron chi connectivity index (χ0n) is 19.1. The number of ether oxygens (including phenoxy) is 1. The molecule has 0 saturated heterocycles. The van der Waals surface area contributed by atoms with E-state index in [9.17, 15) is 4.79 Å². The predicted octanol–water partition coefficient (Wildman–Crippen LogP) is 5.41. The van der Waals surface area contributed by atoms with Gasteiger partial charge in [-0.25, -0.2) is 9.79 Å². The third-order valence-electron chi connectivity index (χ3n) is 4.31. The molecule has 0 aromatic heterocycles. The third kappa shape index (κ3) is 10.9. The first-order valence-electron chi connectivity index (χ1n) is 10.4. The molecule has 31 heavy (non-hydrogen) atoms. The number of allylic oxidation sites excluding steroid dienone is 1. The molecule has 1 rings (SSSR count). The first kappa shape index (κ1) is 26.5. The molecule has 3 N–H and O–H groups in total. The van der Waals surface area contributed by atoms with Crippen molar-refractivity contribution in [3.63, 3.8) is 0 Å². The van der Waals surface area contributed by atoms with Gasteiger partial charge in [0.25, 0.3) is 0 Å². The topological polar surface area (TPSA) is 80.0 Å². The van der Waals surface area contributed by atoms with Crippen molar-refractivity contribution in [3.05, 3.63) is 65.1 Å². The first-order valence-corrected chi connectivity index (χ1v) is 10.8. The highest BCUT2D eigenvalue weighted by molar-refractivity contribution is 6.64. The molecule has 0 aliphatic heterocycles. The van der Waals surface area contributed by atoms with Gasteiger partial charge >= 0.3 is 6.09 Å². The lowest BCUT2D eigenvalue weighted by molar-refractivity contribution is 0.143. The number of unbranched alkanes of at least 4 members (excludes halogenated alkanes) is 1. The van der Waals surface area contributed by atoms with Crippen LogP contribution in [-0.4, -0.2) is 35.9 Å². The van der Waals surface area contributed by atoms with Crippen LogP contribution in [0.25, 0.3) is 6.08 Å². The van der Waals surface area contributed by atoms with Crippen LogP contribution >= 0.6 is 11.6 Å². The van der Waals surface area contributed by atoms with Crippen LogP contribution in [0.1, 0.15) is 51.7 Å². The SMILES string of the molecule is C=CN(CCCCOC(=O)NCc1cccc(C=C(C)C)c1)C(/N=C(\C)Cl)=C(\C)CN. The number of nitrogens with two attached hydrogens (primary N) is 1. The van der Waals surface area contributed by atoms with Gasteiger partial charge in [-0.1, -0.05) is 48.0 Å². The quantitative estimate of drug-likeness (QED) is 0.332. The number of alkyl carbamates (subject to hydrolysis) is 1. The molecule has 1 aromatic carbocycles. The molecular formula is C24H35ClN4O2. The number of nitrogens with one attached hydrogen (secondary N) is 1. The van der Waals surface area contributed by atoms with Gasteiger partial charge in [0.2, 0.25) is 0 Å². The zero-order valence-corrected chi connectivity index (χ0v) is 19.8. The lowest BCUT2D eigenvalue weighted by atomic mass is 10.1. The van der Waals surface area contributed by atoms with Crippen molar-refractivity contribution in [1.29, 1.82) is 0 Å². The number of amides is 1. The van der Waals surface area contributed by atoms with Crippen molar-refractivity contribution in [2.24, 2.45) is 10.7 Å². The lowest BCUT2D eigenvalue weighted by Crippen LogP contribution is -2.24. The smallest absolute Gasteiger partial charge is 0.407 e. The summed E-state index contributed by atoms with van der Waals surface area (Å²) in [6.07, 6.45) is 4.89. The molecule has 0 saturated carbocycles. The van der Waals surface area contributed by atoms with Gasteiger partial charge in [0, 0.05) is 19.6 Å². The minimum Gasteiger partial charge on any atom is -0.450 e. The highest BCUT2D eigenvalue weighted by atomic mass is 35.5. The minimum atomic E-state index is -0.421. The lowest BCUT2D eigenvalue weighted by Gasteiger charge is -2.22. The molecule has 0 aliphatic carbocycles. The maximum atomic E-state index is 12.0. The van der Waals surface area contributed by atoms with Crippen LogP contribution < -0.4 is 11.1 Å². The predicted molar refractivity (Wildman–Crippen MR) is 131 cm³/mol. The summed E-state index contributed by atoms with van der Waals surface area (Å²) in [5, 5.41) is 3.22. The Hall–Kier alpha value is -2.57. The van der Waals surface area contributed by atoms with Gasteiger partial charge in [0.05, 0.1) is 6.61 Å². The van der Waals surface area contributed by atoms with Gasteiger partial charge in [-0.3, -0.25) is 0 Å². The van der Waals surface area contributed by atoms with Crippen molar-refractivity contribution in [1.82, 2.24) is 10.2 Å². The van der Waals surface area contributed by atoms with Crippen molar-refractivity contribution >= 4 is 28.9 Å². The van der Waals surface area contributed by atoms with Gasteiger partial charge in [0.15, 0.2) is 0 Å². The van der Waals surface area contributed by atoms with Gasteiger partial charge in [0.1, 0.15) is 11.0 Å². The van der Waals surface area contributed by atoms with Crippen LogP contribution in [0, 0.1) is 0 Å². The van der Waals surface area contributed by atoms with Gasteiger partial charge in [-0.15, -0.1) is 0 Å². The Morgan fingerprint density at radius 3 is 2.65 bits per heavy atom. The number of carbonyl (C=O) groups excluding carboxylic acids is 1. The molecule has 0 radical (unpaired) electrons. The van der Waals surface area contributed by atoms with Crippen LogP contribution in [0.15, 0.2) is 59.0 Å². The van der Waals surface area contributed by atoms with Crippen molar-refractivity contribution in [2.45, 2.75) is 47.1 Å². The molecule has 0 aliphatic rings. The summed E-state index contributed by atoms with van der Waals surface area (Å²) >= 11 is 5.94. The van der Waals surface area contributed by atoms with E-state index in [4.69, 9.17) is 22.1 Å². The van der Waals surface area contributed by atoms with Crippen LogP contribution in [0.4, 0.5) is 4.79 Å². The largest absolute Gasteiger partial charge is 0.450 e. The Bertz CT molecular complexity index is 823. The van der Waals surface area contributed by atoms with E-state index in [2.05, 4.69) is 42.9 Å². The zero-order chi connectivity index (χ0) is 23.2. The highest BCUT2D eigenvalue weighted by Crippen LogP contribution is 2.15. The number of benzene rings is 1. The summed E-state index contributed by atoms with van der Waals surface area (Å²) in [5.41, 5.74) is 10.0. The number of rotatable bonds is 12. The molecule has 7 heteroatoms. The molecule has 1 aromatic rings. The molecule has 0 bridgehead atoms. The Morgan fingerprint density at radius 2 is 2.03 bits per heavy atom. The van der Waals surface area contributed by atoms with Crippen LogP contribution in [-0.2, 0) is 11.3 Å². The van der Waals surface area contributed by atoms with Gasteiger partial charge in [-0.2, -0.15) is 0 Å². The van der Waals surface area contributed by atoms with Crippen LogP contribution in [0.3, 0.4) is 0 Å². The van der Waals surface area contributed by atoms with E-state index in [0.717, 1.165) is 23.1 Å². The first-order chi connectivity index (χ1) is 14.8. The second-order valence-corrected chi connectivity index (χ2v) is 8.00. The van der Waals surface area contributed by atoms with E-state index in [1.54, 1.807) is 13.1 Å². The second-order valence-electron chi connectivity index (χ2n) is 7.46. The number of halogens is 1. The van der Waals surface area contributed by atoms with E-state index in [0.29, 0.717) is 43.7 Å². The Labute approximate surface area is 191 Å². The number of aliphatic imine (C=N–C) groups is 1. The van der Waals surface area contributed by atoms with E-state index in [1.165, 1.54) is 5.57 Å². The number of nitrogens with zero attached hydrogens (tertiary/aromatic N) is 2. The van der Waals surface area contributed by atoms with E-state index < -0.39 is 6.09 Å². The van der Waals surface area contributed by atoms with E-state index in [1.807, 2.05) is 30.0 Å². The molecule has 0 heterocycles.